The summed E-state index contributed by atoms with van der Waals surface area (Å²) in [7, 11) is 2.42. The van der Waals surface area contributed by atoms with Crippen LogP contribution in [-0.2, 0) is 52.3 Å². The second kappa shape index (κ2) is 47.6. The Balaban J connectivity index is -0.000000243. The van der Waals surface area contributed by atoms with Gasteiger partial charge in [-0.05, 0) is 49.2 Å². The highest BCUT2D eigenvalue weighted by molar-refractivity contribution is 9.09. The van der Waals surface area contributed by atoms with Crippen LogP contribution < -0.4 is 9.47 Å². The molecule has 0 unspecified atom stereocenters. The summed E-state index contributed by atoms with van der Waals surface area (Å²) < 4.78 is 64.7. The third kappa shape index (κ3) is 50.3. The van der Waals surface area contributed by atoms with Gasteiger partial charge in [-0.1, -0.05) is 61.8 Å². The molecule has 0 aromatic heterocycles. The molecule has 0 heterocycles. The van der Waals surface area contributed by atoms with Crippen LogP contribution in [-0.4, -0.2) is 150 Å². The largest absolute Gasteiger partial charge is 0.513 e. The van der Waals surface area contributed by atoms with Gasteiger partial charge in [-0.3, -0.25) is 29.2 Å². The fourth-order valence-corrected chi connectivity index (χ4v) is 4.07. The molecule has 0 aliphatic rings. The molecule has 0 saturated heterocycles. The molecule has 0 saturated carbocycles. The summed E-state index contributed by atoms with van der Waals surface area (Å²) in [4.78, 5) is 60.1. The minimum Gasteiger partial charge on any atom is -0.481 e. The van der Waals surface area contributed by atoms with E-state index in [9.17, 15) is 47.8 Å². The topological polar surface area (TPSA) is 332 Å². The zero-order chi connectivity index (χ0) is 52.9. The van der Waals surface area contributed by atoms with Crippen LogP contribution in [0.4, 0.5) is 21.0 Å². The summed E-state index contributed by atoms with van der Waals surface area (Å²) >= 11 is 7.63. The highest BCUT2D eigenvalue weighted by Crippen LogP contribution is 2.19. The van der Waals surface area contributed by atoms with Gasteiger partial charge in [-0.2, -0.15) is 8.42 Å². The Morgan fingerprint density at radius 3 is 1.39 bits per heavy atom. The number of aliphatic carboxylic acids is 2. The van der Waals surface area contributed by atoms with Crippen molar-refractivity contribution in [3.8, 4) is 11.5 Å². The van der Waals surface area contributed by atoms with E-state index in [4.69, 9.17) is 40.6 Å². The average molecular weight is 1100 g/mol. The molecule has 0 bridgehead atoms. The maximum atomic E-state index is 11.5. The Morgan fingerprint density at radius 1 is 0.667 bits per heavy atom. The van der Waals surface area contributed by atoms with E-state index >= 15 is 0 Å². The van der Waals surface area contributed by atoms with Crippen LogP contribution in [0.5, 0.6) is 11.5 Å². The lowest BCUT2D eigenvalue weighted by Crippen LogP contribution is -2.13. The number of rotatable bonds is 20. The number of benzene rings is 3. The maximum absolute atomic E-state index is 11.5. The number of carbonyl (C=O) groups is 4. The van der Waals surface area contributed by atoms with Gasteiger partial charge in [-0.25, -0.2) is 14.4 Å². The third-order valence-corrected chi connectivity index (χ3v) is 7.79. The molecule has 69 heavy (non-hydrogen) atoms. The molecule has 0 atom stereocenters. The van der Waals surface area contributed by atoms with Crippen molar-refractivity contribution in [2.75, 3.05) is 93.2 Å². The number of carboxylic acids is 2. The Kier molecular flexibility index (Phi) is 50.1. The van der Waals surface area contributed by atoms with Crippen molar-refractivity contribution >= 4 is 72.5 Å². The van der Waals surface area contributed by atoms with E-state index in [0.717, 1.165) is 11.5 Å². The molecule has 3 N–H and O–H groups in total. The second-order valence-corrected chi connectivity index (χ2v) is 15.0. The van der Waals surface area contributed by atoms with Crippen molar-refractivity contribution in [2.45, 2.75) is 40.0 Å². The van der Waals surface area contributed by atoms with Crippen molar-refractivity contribution < 1.29 is 94.8 Å². The van der Waals surface area contributed by atoms with E-state index in [-0.39, 0.29) is 80.2 Å². The number of ether oxygens (including phenoxy) is 8. The summed E-state index contributed by atoms with van der Waals surface area (Å²) in [5.41, 5.74) is -0.126. The van der Waals surface area contributed by atoms with Crippen LogP contribution in [0.1, 0.15) is 33.8 Å². The quantitative estimate of drug-likeness (QED) is 0.0144. The van der Waals surface area contributed by atoms with Gasteiger partial charge < -0.3 is 53.2 Å². The molecule has 0 radical (unpaired) electrons. The molecule has 0 spiro atoms. The van der Waals surface area contributed by atoms with Gasteiger partial charge in [0.1, 0.15) is 30.0 Å². The summed E-state index contributed by atoms with van der Waals surface area (Å²) in [5, 5.41) is 44.3. The lowest BCUT2D eigenvalue weighted by Gasteiger charge is -2.04. The van der Waals surface area contributed by atoms with E-state index in [1.165, 1.54) is 82.0 Å². The Labute approximate surface area is 415 Å². The molecule has 0 amide bonds. The molecule has 27 heteroatoms. The van der Waals surface area contributed by atoms with Gasteiger partial charge in [0, 0.05) is 64.3 Å². The Hall–Kier alpha value is -5.42. The number of hydrogen-bond acceptors (Lipinski definition) is 20. The predicted molar refractivity (Wildman–Crippen MR) is 256 cm³/mol. The SMILES string of the molecule is C.CC(C)C.COCCO.COCCOC(=O)Oc1ccc([N+](=O)[O-])cc1.COCCOCC(=O)O.COCCOS(=O)(=O)c1ccc(C)cc1.O=C(Cl)Oc1ccc([N+](=O)[O-])cc1.O=C(O)CBr. The molecule has 3 aromatic carbocycles. The van der Waals surface area contributed by atoms with Gasteiger partial charge in [0.25, 0.3) is 21.5 Å². The van der Waals surface area contributed by atoms with E-state index in [1.807, 2.05) is 6.92 Å². The minimum atomic E-state index is -3.63. The predicted octanol–water partition coefficient (Wildman–Crippen LogP) is 7.56. The van der Waals surface area contributed by atoms with Crippen LogP contribution in [0.2, 0.25) is 0 Å². The van der Waals surface area contributed by atoms with Crippen molar-refractivity contribution in [1.82, 2.24) is 0 Å². The Morgan fingerprint density at radius 2 is 1.06 bits per heavy atom. The number of aliphatic hydroxyl groups is 1. The number of carboxylic acid groups (broad SMARTS) is 2. The monoisotopic (exact) mass is 1090 g/mol. The minimum absolute atomic E-state index is 0. The van der Waals surface area contributed by atoms with Crippen molar-refractivity contribution in [1.29, 1.82) is 0 Å². The summed E-state index contributed by atoms with van der Waals surface area (Å²) in [6.45, 7) is 10.1. The number of aryl methyl sites for hydroxylation is 1. The lowest BCUT2D eigenvalue weighted by atomic mass is 10.2. The molecule has 394 valence electrons. The van der Waals surface area contributed by atoms with Crippen LogP contribution in [0.15, 0.2) is 77.7 Å². The summed E-state index contributed by atoms with van der Waals surface area (Å²) in [5.74, 6) is -0.597. The first-order chi connectivity index (χ1) is 32.0. The first kappa shape index (κ1) is 72.6. The maximum Gasteiger partial charge on any atom is 0.513 e. The highest BCUT2D eigenvalue weighted by Gasteiger charge is 2.14. The van der Waals surface area contributed by atoms with E-state index in [0.29, 0.717) is 19.8 Å². The number of non-ortho nitro benzene ring substituents is 2. The number of carbonyl (C=O) groups excluding carboxylic acids is 2. The second-order valence-electron chi connectivity index (χ2n) is 12.5. The van der Waals surface area contributed by atoms with Crippen LogP contribution in [0.3, 0.4) is 0 Å². The normalized spacial score (nSPS) is 9.57. The number of aliphatic hydroxyl groups excluding tert-OH is 1. The van der Waals surface area contributed by atoms with Crippen LogP contribution in [0.25, 0.3) is 0 Å². The van der Waals surface area contributed by atoms with Gasteiger partial charge >= 0.3 is 23.5 Å². The lowest BCUT2D eigenvalue weighted by molar-refractivity contribution is -0.385. The van der Waals surface area contributed by atoms with Crippen molar-refractivity contribution in [3.05, 3.63) is 98.6 Å². The first-order valence-electron chi connectivity index (χ1n) is 19.3. The number of nitro benzene ring substituents is 2. The van der Waals surface area contributed by atoms with Gasteiger partial charge in [-0.15, -0.1) is 0 Å². The zero-order valence-corrected chi connectivity index (χ0v) is 41.9. The van der Waals surface area contributed by atoms with E-state index in [2.05, 4.69) is 65.1 Å². The fourth-order valence-electron chi connectivity index (χ4n) is 3.09. The molecule has 0 fully saturated rings. The molecule has 0 aliphatic heterocycles. The number of methoxy groups -OCH3 is 4. The summed E-state index contributed by atoms with van der Waals surface area (Å²) in [6.07, 6.45) is -0.879. The standard InChI is InChI=1S/C10H11NO6.C10H14O4S.C7H4ClNO4.C5H10O4.C4H10.C3H8O2.C2H3BrO2.CH4/c1-15-6-7-16-10(12)17-9-4-2-8(3-5-9)11(13)14;1-9-3-5-10(6-4-9)15(11,12)14-8-7-13-2;8-7(10)13-6-3-1-5(2-4-6)9(11)12;1-8-2-3-9-4-5(6)7;1-4(2)3;1-5-3-2-4;3-1-2(4)5;/h2-5H,6-7H2,1H3;3-6H,7-8H2,1-2H3;1-4H;2-4H2,1H3,(H,6,7);4H,1-3H3;4H,2-3H2,1H3;1H2,(H,4,5);1H4. The fraction of sp³-hybridized carbons (Fsp3) is 0.476. The molecule has 3 aromatic rings. The van der Waals surface area contributed by atoms with Crippen LogP contribution in [0, 0.1) is 33.1 Å². The third-order valence-electron chi connectivity index (χ3n) is 5.90. The van der Waals surface area contributed by atoms with Gasteiger partial charge in [0.05, 0.1) is 61.0 Å². The van der Waals surface area contributed by atoms with Crippen molar-refractivity contribution in [3.63, 3.8) is 0 Å². The molecular weight excluding hydrogens is 1030 g/mol. The molecular formula is C42H64BrClN2O22S. The average Bonchev–Trinajstić information content (AvgIpc) is 3.27. The number of hydrogen-bond donors (Lipinski definition) is 3. The zero-order valence-electron chi connectivity index (χ0n) is 38.7. The summed E-state index contributed by atoms with van der Waals surface area (Å²) in [6, 6.07) is 16.6. The van der Waals surface area contributed by atoms with Gasteiger partial charge in [0.2, 0.25) is 0 Å². The highest BCUT2D eigenvalue weighted by atomic mass is 79.9. The van der Waals surface area contributed by atoms with Crippen LogP contribution >= 0.6 is 27.5 Å². The number of nitro groups is 2. The number of halogens is 2. The Bertz CT molecular complexity index is 1900. The smallest absolute Gasteiger partial charge is 0.481 e. The number of alkyl halides is 1. The molecule has 0 aliphatic carbocycles. The van der Waals surface area contributed by atoms with E-state index < -0.39 is 43.5 Å². The first-order valence-corrected chi connectivity index (χ1v) is 22.2. The molecule has 24 nitrogen and oxygen atoms in total. The van der Waals surface area contributed by atoms with Gasteiger partial charge in [0.15, 0.2) is 0 Å². The molecule has 3 rings (SSSR count). The number of nitrogens with zero attached hydrogens (tertiary/aromatic N) is 2. The van der Waals surface area contributed by atoms with E-state index in [1.54, 1.807) is 19.2 Å². The van der Waals surface area contributed by atoms with Crippen molar-refractivity contribution in [2.24, 2.45) is 5.92 Å².